The van der Waals surface area contributed by atoms with Gasteiger partial charge in [-0.3, -0.25) is 9.59 Å². The lowest BCUT2D eigenvalue weighted by Crippen LogP contribution is -2.47. The molecule has 0 radical (unpaired) electrons. The summed E-state index contributed by atoms with van der Waals surface area (Å²) in [5, 5.41) is 12.6. The van der Waals surface area contributed by atoms with Gasteiger partial charge in [-0.15, -0.1) is 0 Å². The Morgan fingerprint density at radius 2 is 1.70 bits per heavy atom. The topological polar surface area (TPSA) is 92.4 Å². The maximum Gasteiger partial charge on any atom is 0.254 e. The van der Waals surface area contributed by atoms with Crippen molar-refractivity contribution in [3.8, 4) is 0 Å². The lowest BCUT2D eigenvalue weighted by molar-refractivity contribution is -0.133. The van der Waals surface area contributed by atoms with Crippen LogP contribution in [0.4, 0.5) is 0 Å². The summed E-state index contributed by atoms with van der Waals surface area (Å²) in [6, 6.07) is 15.2. The number of nitrogens with one attached hydrogen (secondary N) is 1. The van der Waals surface area contributed by atoms with E-state index in [1.165, 1.54) is 0 Å². The van der Waals surface area contributed by atoms with Crippen LogP contribution < -0.4 is 11.1 Å². The summed E-state index contributed by atoms with van der Waals surface area (Å²) in [7, 11) is 0. The Hall–Kier alpha value is -1.93. The van der Waals surface area contributed by atoms with Crippen LogP contribution in [0.1, 0.15) is 17.2 Å². The molecule has 120 valence electrons. The first-order valence-corrected chi connectivity index (χ1v) is 8.12. The molecule has 5 nitrogen and oxygen atoms in total. The van der Waals surface area contributed by atoms with Gasteiger partial charge < -0.3 is 16.2 Å². The second kappa shape index (κ2) is 8.07. The Labute approximate surface area is 148 Å². The van der Waals surface area contributed by atoms with Gasteiger partial charge in [0.05, 0.1) is 0 Å². The van der Waals surface area contributed by atoms with E-state index in [1.54, 1.807) is 30.3 Å². The molecule has 0 heterocycles. The molecule has 4 N–H and O–H groups in total. The Morgan fingerprint density at radius 1 is 1.09 bits per heavy atom. The number of carbonyl (C=O) groups is 2. The van der Waals surface area contributed by atoms with Crippen molar-refractivity contribution >= 4 is 34.4 Å². The molecule has 2 aromatic rings. The number of carbonyl (C=O) groups excluding carboxylic acids is 2. The zero-order valence-corrected chi connectivity index (χ0v) is 14.4. The second-order valence-corrected chi connectivity index (χ2v) is 6.35. The van der Waals surface area contributed by atoms with E-state index in [0.717, 1.165) is 9.13 Å². The molecule has 6 heteroatoms. The molecule has 23 heavy (non-hydrogen) atoms. The number of nitrogens with two attached hydrogens (primary N) is 1. The molecule has 0 spiro atoms. The van der Waals surface area contributed by atoms with Crippen molar-refractivity contribution < 1.29 is 14.7 Å². The van der Waals surface area contributed by atoms with Gasteiger partial charge >= 0.3 is 0 Å². The van der Waals surface area contributed by atoms with E-state index in [9.17, 15) is 14.7 Å². The van der Waals surface area contributed by atoms with Crippen LogP contribution in [-0.2, 0) is 16.0 Å². The van der Waals surface area contributed by atoms with Crippen molar-refractivity contribution in [1.29, 1.82) is 0 Å². The summed E-state index contributed by atoms with van der Waals surface area (Å²) in [5.74, 6) is -1.29. The van der Waals surface area contributed by atoms with Crippen molar-refractivity contribution in [2.45, 2.75) is 18.6 Å². The smallest absolute Gasteiger partial charge is 0.254 e. The number of aliphatic hydroxyl groups is 1. The third-order valence-electron chi connectivity index (χ3n) is 3.38. The number of amides is 2. The van der Waals surface area contributed by atoms with Gasteiger partial charge in [-0.1, -0.05) is 42.5 Å². The monoisotopic (exact) mass is 424 g/mol. The largest absolute Gasteiger partial charge is 0.378 e. The van der Waals surface area contributed by atoms with Crippen molar-refractivity contribution in [2.75, 3.05) is 0 Å². The molecular weight excluding hydrogens is 407 g/mol. The number of halogens is 1. The molecule has 0 aliphatic carbocycles. The maximum absolute atomic E-state index is 12.1. The van der Waals surface area contributed by atoms with E-state index in [0.29, 0.717) is 5.56 Å². The highest BCUT2D eigenvalue weighted by Crippen LogP contribution is 2.13. The van der Waals surface area contributed by atoms with Gasteiger partial charge in [0.15, 0.2) is 6.10 Å². The normalized spacial score (nSPS) is 13.1. The third kappa shape index (κ3) is 5.04. The van der Waals surface area contributed by atoms with E-state index >= 15 is 0 Å². The second-order valence-electron chi connectivity index (χ2n) is 5.11. The molecule has 0 aromatic heterocycles. The Balaban J connectivity index is 2.05. The molecule has 0 unspecified atom stereocenters. The summed E-state index contributed by atoms with van der Waals surface area (Å²) in [5.41, 5.74) is 6.70. The summed E-state index contributed by atoms with van der Waals surface area (Å²) in [6.45, 7) is 0. The van der Waals surface area contributed by atoms with E-state index in [1.807, 2.05) is 24.3 Å². The molecule has 0 aliphatic rings. The van der Waals surface area contributed by atoms with Crippen LogP contribution in [0.2, 0.25) is 0 Å². The van der Waals surface area contributed by atoms with E-state index in [4.69, 9.17) is 5.73 Å². The number of hydrogen-bond acceptors (Lipinski definition) is 3. The van der Waals surface area contributed by atoms with Crippen molar-refractivity contribution in [2.24, 2.45) is 5.73 Å². The first-order chi connectivity index (χ1) is 11.0. The molecule has 0 bridgehead atoms. The van der Waals surface area contributed by atoms with Crippen LogP contribution in [0.5, 0.6) is 0 Å². The van der Waals surface area contributed by atoms with Crippen molar-refractivity contribution in [3.05, 3.63) is 69.3 Å². The SMILES string of the molecule is NC(=O)[C@@H](Cc1ccc(I)cc1)NC(=O)[C@@H](O)c1ccccc1. The number of primary amides is 1. The zero-order valence-electron chi connectivity index (χ0n) is 12.3. The minimum atomic E-state index is -1.34. The fraction of sp³-hybridized carbons (Fsp3) is 0.176. The number of hydrogen-bond donors (Lipinski definition) is 3. The quantitative estimate of drug-likeness (QED) is 0.615. The molecule has 0 aliphatic heterocycles. The van der Waals surface area contributed by atoms with Crippen LogP contribution in [-0.4, -0.2) is 23.0 Å². The summed E-state index contributed by atoms with van der Waals surface area (Å²) in [4.78, 5) is 23.7. The van der Waals surface area contributed by atoms with E-state index in [2.05, 4.69) is 27.9 Å². The zero-order chi connectivity index (χ0) is 16.8. The lowest BCUT2D eigenvalue weighted by atomic mass is 10.0. The van der Waals surface area contributed by atoms with Gasteiger partial charge in [-0.05, 0) is 45.9 Å². The van der Waals surface area contributed by atoms with Crippen LogP contribution >= 0.6 is 22.6 Å². The first-order valence-electron chi connectivity index (χ1n) is 7.04. The maximum atomic E-state index is 12.1. The van der Waals surface area contributed by atoms with Gasteiger partial charge in [0.2, 0.25) is 5.91 Å². The fourth-order valence-electron chi connectivity index (χ4n) is 2.12. The van der Waals surface area contributed by atoms with Crippen molar-refractivity contribution in [1.82, 2.24) is 5.32 Å². The highest BCUT2D eigenvalue weighted by atomic mass is 127. The molecule has 2 aromatic carbocycles. The van der Waals surface area contributed by atoms with Crippen molar-refractivity contribution in [3.63, 3.8) is 0 Å². The van der Waals surface area contributed by atoms with Gasteiger partial charge in [-0.25, -0.2) is 0 Å². The Morgan fingerprint density at radius 3 is 2.26 bits per heavy atom. The molecule has 0 saturated heterocycles. The first kappa shape index (κ1) is 17.4. The minimum Gasteiger partial charge on any atom is -0.378 e. The summed E-state index contributed by atoms with van der Waals surface area (Å²) < 4.78 is 1.07. The number of aliphatic hydroxyl groups excluding tert-OH is 1. The molecular formula is C17H17IN2O3. The molecule has 0 saturated carbocycles. The number of rotatable bonds is 6. The van der Waals surface area contributed by atoms with Crippen LogP contribution in [0.15, 0.2) is 54.6 Å². The van der Waals surface area contributed by atoms with Gasteiger partial charge in [-0.2, -0.15) is 0 Å². The molecule has 2 rings (SSSR count). The van der Waals surface area contributed by atoms with Gasteiger partial charge in [0.25, 0.3) is 5.91 Å². The highest BCUT2D eigenvalue weighted by Gasteiger charge is 2.23. The average molecular weight is 424 g/mol. The standard InChI is InChI=1S/C17H17IN2O3/c18-13-8-6-11(7-9-13)10-14(16(19)22)20-17(23)15(21)12-4-2-1-3-5-12/h1-9,14-15,21H,10H2,(H2,19,22)(H,20,23)/t14-,15+/m1/s1. The predicted octanol–water partition coefficient (Wildman–Crippen LogP) is 1.54. The van der Waals surface area contributed by atoms with Crippen LogP contribution in [0.25, 0.3) is 0 Å². The molecule has 2 amide bonds. The van der Waals surface area contributed by atoms with E-state index < -0.39 is 24.0 Å². The number of benzene rings is 2. The van der Waals surface area contributed by atoms with Crippen LogP contribution in [0, 0.1) is 3.57 Å². The Bertz CT molecular complexity index is 674. The minimum absolute atomic E-state index is 0.277. The molecule has 0 fully saturated rings. The average Bonchev–Trinajstić information content (AvgIpc) is 2.56. The lowest BCUT2D eigenvalue weighted by Gasteiger charge is -2.18. The summed E-state index contributed by atoms with van der Waals surface area (Å²) >= 11 is 2.18. The van der Waals surface area contributed by atoms with E-state index in [-0.39, 0.29) is 6.42 Å². The fourth-order valence-corrected chi connectivity index (χ4v) is 2.48. The third-order valence-corrected chi connectivity index (χ3v) is 4.10. The van der Waals surface area contributed by atoms with Crippen LogP contribution in [0.3, 0.4) is 0 Å². The molecule has 2 atom stereocenters. The van der Waals surface area contributed by atoms with Gasteiger partial charge in [0.1, 0.15) is 6.04 Å². The van der Waals surface area contributed by atoms with Gasteiger partial charge in [0, 0.05) is 9.99 Å². The Kier molecular flexibility index (Phi) is 6.12. The highest BCUT2D eigenvalue weighted by molar-refractivity contribution is 14.1. The predicted molar refractivity (Wildman–Crippen MR) is 95.4 cm³/mol. The summed E-state index contributed by atoms with van der Waals surface area (Å²) in [6.07, 6.45) is -1.06.